The molecule has 21 heavy (non-hydrogen) atoms. The van der Waals surface area contributed by atoms with E-state index in [1.165, 1.54) is 0 Å². The summed E-state index contributed by atoms with van der Waals surface area (Å²) in [7, 11) is 0. The minimum absolute atomic E-state index is 0.198. The van der Waals surface area contributed by atoms with E-state index < -0.39 is 5.97 Å². The Bertz CT molecular complexity index is 523. The van der Waals surface area contributed by atoms with Crippen LogP contribution in [0.1, 0.15) is 38.7 Å². The molecular weight excluding hydrogens is 288 g/mol. The Morgan fingerprint density at radius 1 is 1.43 bits per heavy atom. The minimum atomic E-state index is -0.754. The van der Waals surface area contributed by atoms with E-state index in [0.717, 1.165) is 12.1 Å². The molecule has 0 bridgehead atoms. The molecule has 0 aromatic heterocycles. The zero-order valence-electron chi connectivity index (χ0n) is 12.4. The number of anilines is 1. The van der Waals surface area contributed by atoms with Crippen LogP contribution < -0.4 is 5.32 Å². The maximum atomic E-state index is 10.7. The highest BCUT2D eigenvalue weighted by atomic mass is 35.5. The van der Waals surface area contributed by atoms with E-state index in [1.54, 1.807) is 12.1 Å². The van der Waals surface area contributed by atoms with Crippen LogP contribution in [0.3, 0.4) is 0 Å². The number of hydrogen-bond acceptors (Lipinski definition) is 3. The van der Waals surface area contributed by atoms with Crippen molar-refractivity contribution in [3.05, 3.63) is 28.8 Å². The lowest BCUT2D eigenvalue weighted by Crippen LogP contribution is -2.16. The topological polar surface area (TPSA) is 73.1 Å². The third-order valence-corrected chi connectivity index (χ3v) is 3.94. The predicted molar refractivity (Wildman–Crippen MR) is 84.5 cm³/mol. The fourth-order valence-electron chi connectivity index (χ4n) is 2.30. The molecule has 1 aromatic rings. The minimum Gasteiger partial charge on any atom is -0.481 e. The summed E-state index contributed by atoms with van der Waals surface area (Å²) in [6, 6.07) is 7.41. The maximum absolute atomic E-state index is 10.7. The van der Waals surface area contributed by atoms with E-state index in [1.807, 2.05) is 6.07 Å². The average molecular weight is 309 g/mol. The van der Waals surface area contributed by atoms with Crippen LogP contribution in [0.15, 0.2) is 18.2 Å². The molecule has 1 atom stereocenters. The SMILES string of the molecule is CC(C)C(CCNc1cccc(Cl)c1C#N)CCC(=O)O. The van der Waals surface area contributed by atoms with Crippen LogP contribution in [-0.2, 0) is 4.79 Å². The van der Waals surface area contributed by atoms with Crippen LogP contribution in [0.2, 0.25) is 5.02 Å². The highest BCUT2D eigenvalue weighted by molar-refractivity contribution is 6.32. The lowest BCUT2D eigenvalue weighted by atomic mass is 9.88. The Morgan fingerprint density at radius 3 is 2.71 bits per heavy atom. The van der Waals surface area contributed by atoms with Crippen molar-refractivity contribution < 1.29 is 9.90 Å². The van der Waals surface area contributed by atoms with Gasteiger partial charge in [0.05, 0.1) is 16.3 Å². The van der Waals surface area contributed by atoms with Crippen molar-refractivity contribution >= 4 is 23.3 Å². The molecule has 0 fully saturated rings. The van der Waals surface area contributed by atoms with Gasteiger partial charge in [-0.05, 0) is 36.8 Å². The first-order valence-corrected chi connectivity index (χ1v) is 7.47. The van der Waals surface area contributed by atoms with Crippen LogP contribution in [0.4, 0.5) is 5.69 Å². The van der Waals surface area contributed by atoms with Gasteiger partial charge in [-0.3, -0.25) is 4.79 Å². The number of carboxylic acid groups (broad SMARTS) is 1. The van der Waals surface area contributed by atoms with E-state index in [0.29, 0.717) is 35.4 Å². The Labute approximate surface area is 130 Å². The van der Waals surface area contributed by atoms with Gasteiger partial charge in [-0.15, -0.1) is 0 Å². The lowest BCUT2D eigenvalue weighted by Gasteiger charge is -2.20. The number of aliphatic carboxylic acids is 1. The summed E-state index contributed by atoms with van der Waals surface area (Å²) in [5.74, 6) is 0.0227. The van der Waals surface area contributed by atoms with E-state index in [-0.39, 0.29) is 6.42 Å². The summed E-state index contributed by atoms with van der Waals surface area (Å²) in [6.45, 7) is 4.90. The second-order valence-corrected chi connectivity index (χ2v) is 5.83. The molecule has 0 amide bonds. The number of nitrogens with zero attached hydrogens (tertiary/aromatic N) is 1. The summed E-state index contributed by atoms with van der Waals surface area (Å²) in [5, 5.41) is 21.5. The molecule has 0 aliphatic rings. The number of nitriles is 1. The summed E-state index contributed by atoms with van der Waals surface area (Å²) in [5.41, 5.74) is 1.18. The van der Waals surface area contributed by atoms with Gasteiger partial charge < -0.3 is 10.4 Å². The Kier molecular flexibility index (Phi) is 7.04. The molecule has 0 saturated carbocycles. The third-order valence-electron chi connectivity index (χ3n) is 3.63. The van der Waals surface area contributed by atoms with Crippen LogP contribution in [0, 0.1) is 23.2 Å². The van der Waals surface area contributed by atoms with Gasteiger partial charge in [-0.2, -0.15) is 5.26 Å². The number of carboxylic acids is 1. The van der Waals surface area contributed by atoms with Crippen molar-refractivity contribution in [1.82, 2.24) is 0 Å². The fraction of sp³-hybridized carbons (Fsp3) is 0.500. The normalized spacial score (nSPS) is 12.0. The van der Waals surface area contributed by atoms with E-state index >= 15 is 0 Å². The average Bonchev–Trinajstić information content (AvgIpc) is 2.42. The first-order chi connectivity index (χ1) is 9.95. The van der Waals surface area contributed by atoms with Crippen LogP contribution in [-0.4, -0.2) is 17.6 Å². The number of carbonyl (C=O) groups is 1. The Morgan fingerprint density at radius 2 is 2.14 bits per heavy atom. The van der Waals surface area contributed by atoms with Crippen LogP contribution >= 0.6 is 11.6 Å². The zero-order chi connectivity index (χ0) is 15.8. The van der Waals surface area contributed by atoms with Gasteiger partial charge in [-0.25, -0.2) is 0 Å². The maximum Gasteiger partial charge on any atom is 0.303 e. The van der Waals surface area contributed by atoms with Crippen molar-refractivity contribution in [3.63, 3.8) is 0 Å². The van der Waals surface area contributed by atoms with Gasteiger partial charge in [0.1, 0.15) is 6.07 Å². The largest absolute Gasteiger partial charge is 0.481 e. The number of nitrogens with one attached hydrogen (secondary N) is 1. The van der Waals surface area contributed by atoms with Crippen molar-refractivity contribution in [2.45, 2.75) is 33.1 Å². The summed E-state index contributed by atoms with van der Waals surface area (Å²) in [4.78, 5) is 10.7. The molecule has 114 valence electrons. The molecule has 0 aliphatic heterocycles. The Hall–Kier alpha value is -1.73. The predicted octanol–water partition coefficient (Wildman–Crippen LogP) is 4.15. The number of benzene rings is 1. The smallest absolute Gasteiger partial charge is 0.303 e. The summed E-state index contributed by atoms with van der Waals surface area (Å²) >= 11 is 5.98. The van der Waals surface area contributed by atoms with Crippen molar-refractivity contribution in [2.75, 3.05) is 11.9 Å². The van der Waals surface area contributed by atoms with E-state index in [4.69, 9.17) is 22.0 Å². The zero-order valence-corrected chi connectivity index (χ0v) is 13.2. The molecule has 1 rings (SSSR count). The third kappa shape index (κ3) is 5.65. The Balaban J connectivity index is 2.57. The molecule has 5 heteroatoms. The van der Waals surface area contributed by atoms with Gasteiger partial charge in [-0.1, -0.05) is 31.5 Å². The molecule has 1 aromatic carbocycles. The molecule has 4 nitrogen and oxygen atoms in total. The number of halogens is 1. The molecule has 0 spiro atoms. The standard InChI is InChI=1S/C16H21ClN2O2/c1-11(2)12(6-7-16(20)21)8-9-19-15-5-3-4-14(17)13(15)10-18/h3-5,11-12,19H,6-9H2,1-2H3,(H,20,21). The van der Waals surface area contributed by atoms with E-state index in [2.05, 4.69) is 25.2 Å². The fourth-order valence-corrected chi connectivity index (χ4v) is 2.51. The number of rotatable bonds is 8. The van der Waals surface area contributed by atoms with Crippen molar-refractivity contribution in [3.8, 4) is 6.07 Å². The van der Waals surface area contributed by atoms with Gasteiger partial charge in [0, 0.05) is 13.0 Å². The number of hydrogen-bond donors (Lipinski definition) is 2. The summed E-state index contributed by atoms with van der Waals surface area (Å²) in [6.07, 6.45) is 1.74. The quantitative estimate of drug-likeness (QED) is 0.756. The van der Waals surface area contributed by atoms with Crippen LogP contribution in [0.5, 0.6) is 0 Å². The van der Waals surface area contributed by atoms with Crippen LogP contribution in [0.25, 0.3) is 0 Å². The molecule has 1 unspecified atom stereocenters. The second-order valence-electron chi connectivity index (χ2n) is 5.43. The van der Waals surface area contributed by atoms with Gasteiger partial charge in [0.2, 0.25) is 0 Å². The highest BCUT2D eigenvalue weighted by Gasteiger charge is 2.15. The molecule has 0 heterocycles. The van der Waals surface area contributed by atoms with Gasteiger partial charge in [0.25, 0.3) is 0 Å². The molecule has 0 saturated heterocycles. The summed E-state index contributed by atoms with van der Waals surface area (Å²) < 4.78 is 0. The monoisotopic (exact) mass is 308 g/mol. The first kappa shape index (κ1) is 17.3. The lowest BCUT2D eigenvalue weighted by molar-refractivity contribution is -0.137. The van der Waals surface area contributed by atoms with Crippen molar-refractivity contribution in [2.24, 2.45) is 11.8 Å². The van der Waals surface area contributed by atoms with Crippen molar-refractivity contribution in [1.29, 1.82) is 5.26 Å². The molecule has 2 N–H and O–H groups in total. The first-order valence-electron chi connectivity index (χ1n) is 7.10. The molecule has 0 aliphatic carbocycles. The molecular formula is C16H21ClN2O2. The second kappa shape index (κ2) is 8.53. The van der Waals surface area contributed by atoms with Gasteiger partial charge in [0.15, 0.2) is 0 Å². The highest BCUT2D eigenvalue weighted by Crippen LogP contribution is 2.25. The van der Waals surface area contributed by atoms with E-state index in [9.17, 15) is 4.79 Å². The van der Waals surface area contributed by atoms with Gasteiger partial charge >= 0.3 is 5.97 Å². The molecule has 0 radical (unpaired) electrons.